The van der Waals surface area contributed by atoms with Crippen molar-refractivity contribution in [3.05, 3.63) is 29.3 Å². The van der Waals surface area contributed by atoms with Crippen molar-refractivity contribution < 1.29 is 17.9 Å². The van der Waals surface area contributed by atoms with Crippen LogP contribution in [0.3, 0.4) is 0 Å². The maximum atomic E-state index is 12.4. The fourth-order valence-corrected chi connectivity index (χ4v) is 1.91. The van der Waals surface area contributed by atoms with Crippen LogP contribution in [0, 0.1) is 0 Å². The van der Waals surface area contributed by atoms with Gasteiger partial charge in [-0.05, 0) is 24.6 Å². The number of alkyl halides is 3. The molecule has 1 nitrogen and oxygen atoms in total. The number of hydrogen-bond acceptors (Lipinski definition) is 1. The fourth-order valence-electron chi connectivity index (χ4n) is 1.91. The second-order valence-corrected chi connectivity index (χ2v) is 3.75. The van der Waals surface area contributed by atoms with Gasteiger partial charge in [-0.1, -0.05) is 0 Å². The highest BCUT2D eigenvalue weighted by Crippen LogP contribution is 2.54. The predicted molar refractivity (Wildman–Crippen MR) is 43.2 cm³/mol. The van der Waals surface area contributed by atoms with Gasteiger partial charge in [-0.15, -0.1) is 0 Å². The second kappa shape index (κ2) is 2.24. The van der Waals surface area contributed by atoms with Gasteiger partial charge in [-0.3, -0.25) is 0 Å². The number of halogens is 3. The highest BCUT2D eigenvalue weighted by Gasteiger charge is 2.48. The first-order chi connectivity index (χ1) is 6.55. The van der Waals surface area contributed by atoms with Gasteiger partial charge in [0, 0.05) is 11.5 Å². The number of benzene rings is 1. The summed E-state index contributed by atoms with van der Waals surface area (Å²) in [6.45, 7) is 0. The molecule has 4 heteroatoms. The Hall–Kier alpha value is -1.19. The van der Waals surface area contributed by atoms with E-state index in [1.165, 1.54) is 12.1 Å². The van der Waals surface area contributed by atoms with Crippen LogP contribution in [-0.2, 0) is 6.18 Å². The number of ether oxygens (including phenoxy) is 1. The van der Waals surface area contributed by atoms with E-state index in [4.69, 9.17) is 4.74 Å². The van der Waals surface area contributed by atoms with Crippen LogP contribution >= 0.6 is 0 Å². The van der Waals surface area contributed by atoms with E-state index in [0.717, 1.165) is 18.1 Å². The Kier molecular flexibility index (Phi) is 1.30. The first-order valence-electron chi connectivity index (χ1n) is 4.43. The number of fused-ring (bicyclic) bond motifs is 3. The molecule has 0 spiro atoms. The minimum Gasteiger partial charge on any atom is -0.489 e. The minimum atomic E-state index is -4.25. The zero-order chi connectivity index (χ0) is 9.92. The van der Waals surface area contributed by atoms with Gasteiger partial charge in [0.05, 0.1) is 5.56 Å². The summed E-state index contributed by atoms with van der Waals surface area (Å²) in [4.78, 5) is 0. The van der Waals surface area contributed by atoms with E-state index < -0.39 is 11.7 Å². The van der Waals surface area contributed by atoms with Crippen molar-refractivity contribution in [1.82, 2.24) is 0 Å². The molecule has 14 heavy (non-hydrogen) atoms. The molecule has 0 aromatic heterocycles. The smallest absolute Gasteiger partial charge is 0.416 e. The summed E-state index contributed by atoms with van der Waals surface area (Å²) in [5.74, 6) is 0.839. The molecule has 1 aliphatic heterocycles. The summed E-state index contributed by atoms with van der Waals surface area (Å²) in [6, 6.07) is 3.71. The van der Waals surface area contributed by atoms with Crippen LogP contribution < -0.4 is 4.74 Å². The van der Waals surface area contributed by atoms with E-state index >= 15 is 0 Å². The van der Waals surface area contributed by atoms with Crippen molar-refractivity contribution in [2.24, 2.45) is 0 Å². The lowest BCUT2D eigenvalue weighted by Gasteiger charge is -2.09. The lowest BCUT2D eigenvalue weighted by atomic mass is 10.1. The molecule has 2 unspecified atom stereocenters. The average Bonchev–Trinajstić information content (AvgIpc) is 2.77. The van der Waals surface area contributed by atoms with Crippen molar-refractivity contribution in [2.75, 3.05) is 0 Å². The van der Waals surface area contributed by atoms with Crippen molar-refractivity contribution in [3.63, 3.8) is 0 Å². The lowest BCUT2D eigenvalue weighted by molar-refractivity contribution is -0.137. The van der Waals surface area contributed by atoms with Crippen LogP contribution in [0.15, 0.2) is 18.2 Å². The van der Waals surface area contributed by atoms with Crippen LogP contribution in [0.25, 0.3) is 0 Å². The maximum absolute atomic E-state index is 12.4. The van der Waals surface area contributed by atoms with Crippen molar-refractivity contribution in [1.29, 1.82) is 0 Å². The zero-order valence-electron chi connectivity index (χ0n) is 7.14. The number of hydrogen-bond donors (Lipinski definition) is 0. The van der Waals surface area contributed by atoms with E-state index in [0.29, 0.717) is 5.75 Å². The molecule has 0 N–H and O–H groups in total. The molecule has 1 heterocycles. The molecule has 2 atom stereocenters. The summed E-state index contributed by atoms with van der Waals surface area (Å²) in [6.07, 6.45) is -3.23. The summed E-state index contributed by atoms with van der Waals surface area (Å²) >= 11 is 0. The van der Waals surface area contributed by atoms with Gasteiger partial charge in [0.2, 0.25) is 0 Å². The largest absolute Gasteiger partial charge is 0.489 e. The maximum Gasteiger partial charge on any atom is 0.416 e. The van der Waals surface area contributed by atoms with Gasteiger partial charge in [-0.25, -0.2) is 0 Å². The minimum absolute atomic E-state index is 0.147. The Morgan fingerprint density at radius 2 is 2.07 bits per heavy atom. The van der Waals surface area contributed by atoms with Gasteiger partial charge in [0.1, 0.15) is 11.9 Å². The van der Waals surface area contributed by atoms with Gasteiger partial charge >= 0.3 is 6.18 Å². The molecule has 0 saturated heterocycles. The van der Waals surface area contributed by atoms with Gasteiger partial charge in [0.15, 0.2) is 0 Å². The Morgan fingerprint density at radius 3 is 2.79 bits per heavy atom. The first-order valence-corrected chi connectivity index (χ1v) is 4.43. The molecule has 74 valence electrons. The van der Waals surface area contributed by atoms with Gasteiger partial charge in [-0.2, -0.15) is 13.2 Å². The summed E-state index contributed by atoms with van der Waals surface area (Å²) in [5, 5.41) is 0. The topological polar surface area (TPSA) is 9.23 Å². The van der Waals surface area contributed by atoms with E-state index in [1.807, 2.05) is 0 Å². The lowest BCUT2D eigenvalue weighted by Crippen LogP contribution is -2.05. The highest BCUT2D eigenvalue weighted by molar-refractivity contribution is 5.48. The van der Waals surface area contributed by atoms with Crippen LogP contribution in [-0.4, -0.2) is 6.10 Å². The van der Waals surface area contributed by atoms with Gasteiger partial charge < -0.3 is 4.74 Å². The van der Waals surface area contributed by atoms with Gasteiger partial charge in [0.25, 0.3) is 0 Å². The Morgan fingerprint density at radius 1 is 1.29 bits per heavy atom. The molecule has 1 aromatic rings. The van der Waals surface area contributed by atoms with E-state index in [9.17, 15) is 13.2 Å². The molecule has 1 saturated carbocycles. The summed E-state index contributed by atoms with van der Waals surface area (Å²) in [5.41, 5.74) is 0.150. The molecular formula is C10H7F3O. The van der Waals surface area contributed by atoms with Crippen LogP contribution in [0.1, 0.15) is 23.5 Å². The molecule has 0 radical (unpaired) electrons. The molecule has 2 aliphatic rings. The van der Waals surface area contributed by atoms with Crippen LogP contribution in [0.4, 0.5) is 13.2 Å². The number of rotatable bonds is 0. The molecule has 1 aromatic carbocycles. The van der Waals surface area contributed by atoms with Crippen molar-refractivity contribution in [3.8, 4) is 5.75 Å². The van der Waals surface area contributed by atoms with Crippen molar-refractivity contribution in [2.45, 2.75) is 24.6 Å². The third-order valence-electron chi connectivity index (χ3n) is 2.75. The molecule has 0 bridgehead atoms. The predicted octanol–water partition coefficient (Wildman–Crippen LogP) is 2.95. The van der Waals surface area contributed by atoms with E-state index in [2.05, 4.69) is 0 Å². The van der Waals surface area contributed by atoms with Crippen LogP contribution in [0.5, 0.6) is 5.75 Å². The molecular weight excluding hydrogens is 193 g/mol. The average molecular weight is 200 g/mol. The Balaban J connectivity index is 2.07. The monoisotopic (exact) mass is 200 g/mol. The zero-order valence-corrected chi connectivity index (χ0v) is 7.14. The molecule has 1 fully saturated rings. The Bertz CT molecular complexity index is 397. The van der Waals surface area contributed by atoms with Crippen LogP contribution in [0.2, 0.25) is 0 Å². The fraction of sp³-hybridized carbons (Fsp3) is 0.400. The first kappa shape index (κ1) is 8.15. The molecule has 3 rings (SSSR count). The molecule has 1 aliphatic carbocycles. The second-order valence-electron chi connectivity index (χ2n) is 3.75. The standard InChI is InChI=1S/C10H7F3O/c11-10(12,13)5-1-2-8-6(3-5)7-4-9(7)14-8/h1-3,7,9H,4H2. The van der Waals surface area contributed by atoms with E-state index in [-0.39, 0.29) is 12.0 Å². The quantitative estimate of drug-likeness (QED) is 0.625. The summed E-state index contributed by atoms with van der Waals surface area (Å²) < 4.78 is 42.4. The van der Waals surface area contributed by atoms with Crippen molar-refractivity contribution >= 4 is 0 Å². The highest BCUT2D eigenvalue weighted by atomic mass is 19.4. The molecule has 0 amide bonds. The third kappa shape index (κ3) is 1.03. The Labute approximate surface area is 78.5 Å². The SMILES string of the molecule is FC(F)(F)c1ccc2c(c1)C1CC1O2. The summed E-state index contributed by atoms with van der Waals surface area (Å²) in [7, 11) is 0. The normalized spacial score (nSPS) is 27.9. The third-order valence-corrected chi connectivity index (χ3v) is 2.75. The van der Waals surface area contributed by atoms with E-state index in [1.54, 1.807) is 0 Å².